The number of aliphatic hydroxyl groups excluding tert-OH is 1. The third-order valence-corrected chi connectivity index (χ3v) is 5.36. The van der Waals surface area contributed by atoms with Crippen LogP contribution in [0.5, 0.6) is 5.88 Å². The molecular weight excluding hydrogens is 322 g/mol. The lowest BCUT2D eigenvalue weighted by molar-refractivity contribution is 0.0357. The molecule has 0 bridgehead atoms. The Kier molecular flexibility index (Phi) is 4.12. The molecule has 2 aliphatic rings. The van der Waals surface area contributed by atoms with Gasteiger partial charge in [0.05, 0.1) is 25.6 Å². The van der Waals surface area contributed by atoms with Gasteiger partial charge in [0.2, 0.25) is 5.88 Å². The van der Waals surface area contributed by atoms with E-state index in [1.54, 1.807) is 12.5 Å². The van der Waals surface area contributed by atoms with Crippen LogP contribution >= 0.6 is 0 Å². The molecule has 1 aliphatic heterocycles. The fourth-order valence-corrected chi connectivity index (χ4v) is 4.13. The van der Waals surface area contributed by atoms with Crippen LogP contribution in [-0.2, 0) is 0 Å². The molecule has 0 aromatic carbocycles. The summed E-state index contributed by atoms with van der Waals surface area (Å²) in [7, 11) is 1.48. The summed E-state index contributed by atoms with van der Waals surface area (Å²) in [5.41, 5.74) is 0.246. The molecule has 1 N–H and O–H groups in total. The minimum Gasteiger partial charge on any atom is -0.479 e. The van der Waals surface area contributed by atoms with E-state index < -0.39 is 6.10 Å². The Labute approximate surface area is 145 Å². The number of rotatable bonds is 3. The van der Waals surface area contributed by atoms with Crippen molar-refractivity contribution in [2.75, 3.05) is 20.2 Å². The van der Waals surface area contributed by atoms with Crippen molar-refractivity contribution in [3.05, 3.63) is 36.8 Å². The van der Waals surface area contributed by atoms with Crippen LogP contribution in [0.15, 0.2) is 31.1 Å². The van der Waals surface area contributed by atoms with Gasteiger partial charge in [0, 0.05) is 37.9 Å². The zero-order chi connectivity index (χ0) is 17.4. The second kappa shape index (κ2) is 6.44. The van der Waals surface area contributed by atoms with E-state index in [0.29, 0.717) is 31.3 Å². The second-order valence-corrected chi connectivity index (χ2v) is 6.76. The molecule has 25 heavy (non-hydrogen) atoms. The van der Waals surface area contributed by atoms with E-state index in [2.05, 4.69) is 15.0 Å². The van der Waals surface area contributed by atoms with Crippen LogP contribution in [0.2, 0.25) is 0 Å². The molecule has 0 unspecified atom stereocenters. The maximum absolute atomic E-state index is 12.8. The number of hydrogen-bond donors (Lipinski definition) is 1. The summed E-state index contributed by atoms with van der Waals surface area (Å²) >= 11 is 0. The van der Waals surface area contributed by atoms with Crippen LogP contribution in [0.1, 0.15) is 29.4 Å². The van der Waals surface area contributed by atoms with E-state index in [9.17, 15) is 9.90 Å². The largest absolute Gasteiger partial charge is 0.479 e. The molecule has 4 atom stereocenters. The summed E-state index contributed by atoms with van der Waals surface area (Å²) < 4.78 is 7.13. The third kappa shape index (κ3) is 2.86. The van der Waals surface area contributed by atoms with Gasteiger partial charge in [-0.1, -0.05) is 0 Å². The van der Waals surface area contributed by atoms with Crippen LogP contribution in [0.4, 0.5) is 0 Å². The molecule has 8 heteroatoms. The molecule has 4 rings (SSSR count). The molecule has 2 aromatic heterocycles. The quantitative estimate of drug-likeness (QED) is 0.885. The van der Waals surface area contributed by atoms with Crippen LogP contribution in [0.25, 0.3) is 0 Å². The SMILES string of the molecule is COc1nccnc1C(=O)N1C[C@H]2C[C@@H](n3ccnc3)[C@H](O)C[C@H]2C1. The molecule has 3 heterocycles. The highest BCUT2D eigenvalue weighted by atomic mass is 16.5. The van der Waals surface area contributed by atoms with Gasteiger partial charge in [-0.2, -0.15) is 0 Å². The Balaban J connectivity index is 1.50. The molecule has 1 saturated carbocycles. The van der Waals surface area contributed by atoms with Gasteiger partial charge in [-0.3, -0.25) is 4.79 Å². The number of imidazole rings is 1. The predicted octanol–water partition coefficient (Wildman–Crippen LogP) is 0.766. The molecule has 1 saturated heterocycles. The number of likely N-dealkylation sites (tertiary alicyclic amines) is 1. The van der Waals surface area contributed by atoms with Crippen molar-refractivity contribution in [2.24, 2.45) is 11.8 Å². The van der Waals surface area contributed by atoms with E-state index >= 15 is 0 Å². The standard InChI is InChI=1S/C17H21N5O3/c1-25-16-15(19-2-3-20-16)17(24)22-8-11-6-13(21-5-4-18-10-21)14(23)7-12(11)9-22/h2-5,10-14,23H,6-9H2,1H3/t11-,12+,13-,14-/m1/s1. The number of carbonyl (C=O) groups is 1. The summed E-state index contributed by atoms with van der Waals surface area (Å²) in [6.45, 7) is 1.30. The molecule has 1 aliphatic carbocycles. The van der Waals surface area contributed by atoms with Crippen molar-refractivity contribution in [2.45, 2.75) is 25.0 Å². The summed E-state index contributed by atoms with van der Waals surface area (Å²) in [5.74, 6) is 0.760. The van der Waals surface area contributed by atoms with Crippen molar-refractivity contribution in [1.29, 1.82) is 0 Å². The number of amides is 1. The molecule has 132 valence electrons. The average Bonchev–Trinajstić information content (AvgIpc) is 3.29. The normalized spacial score (nSPS) is 28.6. The van der Waals surface area contributed by atoms with Gasteiger partial charge in [-0.05, 0) is 24.7 Å². The molecular formula is C17H21N5O3. The Morgan fingerprint density at radius 2 is 1.96 bits per heavy atom. The van der Waals surface area contributed by atoms with Crippen molar-refractivity contribution < 1.29 is 14.6 Å². The highest BCUT2D eigenvalue weighted by Crippen LogP contribution is 2.41. The Morgan fingerprint density at radius 1 is 1.20 bits per heavy atom. The third-order valence-electron chi connectivity index (χ3n) is 5.36. The molecule has 1 amide bonds. The zero-order valence-electron chi connectivity index (χ0n) is 14.0. The van der Waals surface area contributed by atoms with Gasteiger partial charge in [-0.25, -0.2) is 15.0 Å². The van der Waals surface area contributed by atoms with E-state index in [0.717, 1.165) is 6.42 Å². The predicted molar refractivity (Wildman–Crippen MR) is 88.0 cm³/mol. The minimum absolute atomic E-state index is 0.0184. The van der Waals surface area contributed by atoms with E-state index in [1.165, 1.54) is 19.5 Å². The average molecular weight is 343 g/mol. The number of ether oxygens (including phenoxy) is 1. The molecule has 2 fully saturated rings. The molecule has 0 radical (unpaired) electrons. The van der Waals surface area contributed by atoms with Gasteiger partial charge < -0.3 is 19.3 Å². The van der Waals surface area contributed by atoms with Gasteiger partial charge in [0.1, 0.15) is 0 Å². The monoisotopic (exact) mass is 343 g/mol. The van der Waals surface area contributed by atoms with Crippen LogP contribution in [-0.4, -0.2) is 61.7 Å². The van der Waals surface area contributed by atoms with E-state index in [-0.39, 0.29) is 23.5 Å². The summed E-state index contributed by atoms with van der Waals surface area (Å²) in [6.07, 6.45) is 9.47. The Morgan fingerprint density at radius 3 is 2.68 bits per heavy atom. The van der Waals surface area contributed by atoms with E-state index in [1.807, 2.05) is 15.7 Å². The highest BCUT2D eigenvalue weighted by molar-refractivity contribution is 5.94. The summed E-state index contributed by atoms with van der Waals surface area (Å²) in [5, 5.41) is 10.5. The smallest absolute Gasteiger partial charge is 0.278 e. The first kappa shape index (κ1) is 16.0. The number of nitrogens with zero attached hydrogens (tertiary/aromatic N) is 5. The van der Waals surface area contributed by atoms with Crippen molar-refractivity contribution in [3.8, 4) is 5.88 Å². The number of hydrogen-bond acceptors (Lipinski definition) is 6. The molecule has 2 aromatic rings. The first-order valence-corrected chi connectivity index (χ1v) is 8.47. The highest BCUT2D eigenvalue weighted by Gasteiger charge is 2.44. The Hall–Kier alpha value is -2.48. The van der Waals surface area contributed by atoms with Crippen molar-refractivity contribution in [1.82, 2.24) is 24.4 Å². The van der Waals surface area contributed by atoms with Gasteiger partial charge in [0.15, 0.2) is 5.69 Å². The van der Waals surface area contributed by atoms with Gasteiger partial charge in [-0.15, -0.1) is 0 Å². The summed E-state index contributed by atoms with van der Waals surface area (Å²) in [4.78, 5) is 26.9. The number of aromatic nitrogens is 4. The number of aliphatic hydroxyl groups is 1. The van der Waals surface area contributed by atoms with Crippen molar-refractivity contribution >= 4 is 5.91 Å². The maximum Gasteiger partial charge on any atom is 0.278 e. The summed E-state index contributed by atoms with van der Waals surface area (Å²) in [6, 6.07) is 0.0184. The number of carbonyl (C=O) groups excluding carboxylic acids is 1. The fourth-order valence-electron chi connectivity index (χ4n) is 4.13. The molecule has 8 nitrogen and oxygen atoms in total. The van der Waals surface area contributed by atoms with Crippen molar-refractivity contribution in [3.63, 3.8) is 0 Å². The lowest BCUT2D eigenvalue weighted by Gasteiger charge is -2.35. The number of methoxy groups -OCH3 is 1. The van der Waals surface area contributed by atoms with Crippen LogP contribution < -0.4 is 4.74 Å². The Bertz CT molecular complexity index is 751. The minimum atomic E-state index is -0.420. The number of fused-ring (bicyclic) bond motifs is 1. The first-order chi connectivity index (χ1) is 12.2. The molecule has 0 spiro atoms. The maximum atomic E-state index is 12.8. The fraction of sp³-hybridized carbons (Fsp3) is 0.529. The zero-order valence-corrected chi connectivity index (χ0v) is 14.0. The first-order valence-electron chi connectivity index (χ1n) is 8.47. The van der Waals surface area contributed by atoms with Crippen LogP contribution in [0, 0.1) is 11.8 Å². The lowest BCUT2D eigenvalue weighted by Crippen LogP contribution is -2.35. The van der Waals surface area contributed by atoms with Gasteiger partial charge >= 0.3 is 0 Å². The topological polar surface area (TPSA) is 93.4 Å². The van der Waals surface area contributed by atoms with E-state index in [4.69, 9.17) is 4.74 Å². The second-order valence-electron chi connectivity index (χ2n) is 6.76. The van der Waals surface area contributed by atoms with Crippen LogP contribution in [0.3, 0.4) is 0 Å². The lowest BCUT2D eigenvalue weighted by atomic mass is 9.77. The van der Waals surface area contributed by atoms with Gasteiger partial charge in [0.25, 0.3) is 5.91 Å².